The molecule has 0 N–H and O–H groups in total. The first-order valence-corrected chi connectivity index (χ1v) is 6.56. The van der Waals surface area contributed by atoms with Gasteiger partial charge in [-0.2, -0.15) is 0 Å². The average molecular weight is 208 g/mol. The number of Topliss-reactive ketones (excluding diaryl/α,β-unsaturated/α-hetero) is 1. The van der Waals surface area contributed by atoms with Crippen LogP contribution in [0.25, 0.3) is 0 Å². The van der Waals surface area contributed by atoms with E-state index in [2.05, 4.69) is 12.2 Å². The molecule has 1 aliphatic rings. The van der Waals surface area contributed by atoms with Crippen molar-refractivity contribution in [2.75, 3.05) is 0 Å². The maximum Gasteiger partial charge on any atom is 0.136 e. The van der Waals surface area contributed by atoms with Crippen LogP contribution in [0, 0.1) is 0 Å². The Morgan fingerprint density at radius 2 is 1.33 bits per heavy atom. The van der Waals surface area contributed by atoms with E-state index in [1.807, 2.05) is 0 Å². The fraction of sp³-hybridized carbons (Fsp3) is 0.786. The highest BCUT2D eigenvalue weighted by Gasteiger charge is 1.99. The molecular weight excluding hydrogens is 184 g/mol. The van der Waals surface area contributed by atoms with Crippen LogP contribution in [-0.2, 0) is 4.79 Å². The molecule has 0 heterocycles. The van der Waals surface area contributed by atoms with Gasteiger partial charge in [0.1, 0.15) is 5.78 Å². The topological polar surface area (TPSA) is 17.1 Å². The lowest BCUT2D eigenvalue weighted by Crippen LogP contribution is -1.95. The van der Waals surface area contributed by atoms with Gasteiger partial charge in [-0.05, 0) is 19.3 Å². The molecule has 86 valence electrons. The number of rotatable bonds is 0. The van der Waals surface area contributed by atoms with Gasteiger partial charge in [0, 0.05) is 12.8 Å². The van der Waals surface area contributed by atoms with E-state index in [-0.39, 0.29) is 0 Å². The summed E-state index contributed by atoms with van der Waals surface area (Å²) in [4.78, 5) is 11.4. The Bertz CT molecular complexity index is 194. The number of hydrogen-bond donors (Lipinski definition) is 0. The first kappa shape index (κ1) is 12.5. The Morgan fingerprint density at radius 3 is 2.07 bits per heavy atom. The molecule has 1 heteroatoms. The summed E-state index contributed by atoms with van der Waals surface area (Å²) in [6, 6.07) is 0. The number of carbonyl (C=O) groups is 1. The first-order chi connectivity index (χ1) is 7.39. The highest BCUT2D eigenvalue weighted by molar-refractivity contribution is 5.79. The van der Waals surface area contributed by atoms with Gasteiger partial charge in [0.25, 0.3) is 0 Å². The molecule has 0 aromatic carbocycles. The third-order valence-electron chi connectivity index (χ3n) is 3.09. The maximum atomic E-state index is 11.4. The van der Waals surface area contributed by atoms with Crippen molar-refractivity contribution >= 4 is 5.78 Å². The third kappa shape index (κ3) is 7.35. The normalized spacial score (nSPS) is 22.3. The minimum atomic E-state index is 0.420. The van der Waals surface area contributed by atoms with Gasteiger partial charge < -0.3 is 0 Å². The van der Waals surface area contributed by atoms with E-state index in [0.717, 1.165) is 19.3 Å². The average Bonchev–Trinajstić information content (AvgIpc) is 2.24. The second-order valence-electron chi connectivity index (χ2n) is 4.58. The van der Waals surface area contributed by atoms with Crippen LogP contribution >= 0.6 is 0 Å². The quantitative estimate of drug-likeness (QED) is 0.539. The van der Waals surface area contributed by atoms with E-state index in [1.54, 1.807) is 0 Å². The Hall–Kier alpha value is -0.590. The largest absolute Gasteiger partial charge is 0.299 e. The lowest BCUT2D eigenvalue weighted by molar-refractivity contribution is -0.118. The van der Waals surface area contributed by atoms with Crippen molar-refractivity contribution in [3.05, 3.63) is 12.2 Å². The van der Waals surface area contributed by atoms with Crippen LogP contribution in [0.4, 0.5) is 0 Å². The first-order valence-electron chi connectivity index (χ1n) is 6.56. The van der Waals surface area contributed by atoms with E-state index in [0.29, 0.717) is 12.2 Å². The Kier molecular flexibility index (Phi) is 7.24. The summed E-state index contributed by atoms with van der Waals surface area (Å²) in [7, 11) is 0. The van der Waals surface area contributed by atoms with Gasteiger partial charge in [0.15, 0.2) is 0 Å². The third-order valence-corrected chi connectivity index (χ3v) is 3.09. The van der Waals surface area contributed by atoms with Crippen LogP contribution in [0.15, 0.2) is 12.2 Å². The van der Waals surface area contributed by atoms with E-state index in [1.165, 1.54) is 44.9 Å². The molecule has 1 aliphatic carbocycles. The van der Waals surface area contributed by atoms with Crippen LogP contribution in [0.2, 0.25) is 0 Å². The molecule has 0 radical (unpaired) electrons. The lowest BCUT2D eigenvalue weighted by Gasteiger charge is -2.02. The van der Waals surface area contributed by atoms with Crippen molar-refractivity contribution in [1.82, 2.24) is 0 Å². The van der Waals surface area contributed by atoms with E-state index in [4.69, 9.17) is 0 Å². The number of hydrogen-bond acceptors (Lipinski definition) is 1. The van der Waals surface area contributed by atoms with Crippen molar-refractivity contribution < 1.29 is 4.79 Å². The van der Waals surface area contributed by atoms with Crippen molar-refractivity contribution in [2.24, 2.45) is 0 Å². The summed E-state index contributed by atoms with van der Waals surface area (Å²) in [5.74, 6) is 0.420. The predicted octanol–water partition coefficient (Wildman–Crippen LogP) is 4.42. The van der Waals surface area contributed by atoms with Crippen LogP contribution in [0.3, 0.4) is 0 Å². The zero-order valence-electron chi connectivity index (χ0n) is 9.84. The van der Waals surface area contributed by atoms with Crippen molar-refractivity contribution in [2.45, 2.75) is 70.6 Å². The fourth-order valence-corrected chi connectivity index (χ4v) is 2.08. The number of carbonyl (C=O) groups excluding carboxylic acids is 1. The summed E-state index contributed by atoms with van der Waals surface area (Å²) in [6.07, 6.45) is 17.3. The molecule has 0 amide bonds. The minimum absolute atomic E-state index is 0.420. The summed E-state index contributed by atoms with van der Waals surface area (Å²) >= 11 is 0. The smallest absolute Gasteiger partial charge is 0.136 e. The lowest BCUT2D eigenvalue weighted by atomic mass is 10.0. The standard InChI is InChI=1S/C14H24O/c15-14-12-10-8-6-4-2-1-3-5-7-9-11-13-14/h8,10H,1-7,9,11-13H2. The van der Waals surface area contributed by atoms with Gasteiger partial charge in [0.2, 0.25) is 0 Å². The molecule has 0 atom stereocenters. The van der Waals surface area contributed by atoms with Crippen molar-refractivity contribution in [1.29, 1.82) is 0 Å². The zero-order chi connectivity index (χ0) is 10.8. The Labute approximate surface area is 93.9 Å². The molecular formula is C14H24O. The van der Waals surface area contributed by atoms with Crippen LogP contribution < -0.4 is 0 Å². The predicted molar refractivity (Wildman–Crippen MR) is 64.9 cm³/mol. The highest BCUT2D eigenvalue weighted by Crippen LogP contribution is 2.12. The summed E-state index contributed by atoms with van der Waals surface area (Å²) < 4.78 is 0. The van der Waals surface area contributed by atoms with Gasteiger partial charge in [-0.15, -0.1) is 0 Å². The Balaban J connectivity index is 2.22. The molecule has 0 saturated heterocycles. The van der Waals surface area contributed by atoms with Gasteiger partial charge in [-0.25, -0.2) is 0 Å². The molecule has 0 aliphatic heterocycles. The van der Waals surface area contributed by atoms with Gasteiger partial charge in [-0.3, -0.25) is 4.79 Å². The maximum absolute atomic E-state index is 11.4. The number of allylic oxidation sites excluding steroid dienone is 2. The second kappa shape index (κ2) is 8.70. The molecule has 0 fully saturated rings. The minimum Gasteiger partial charge on any atom is -0.299 e. The molecule has 0 aromatic heterocycles. The summed E-state index contributed by atoms with van der Waals surface area (Å²) in [5.41, 5.74) is 0. The van der Waals surface area contributed by atoms with Crippen LogP contribution in [0.5, 0.6) is 0 Å². The molecule has 0 aromatic rings. The van der Waals surface area contributed by atoms with E-state index in [9.17, 15) is 4.79 Å². The van der Waals surface area contributed by atoms with Crippen molar-refractivity contribution in [3.8, 4) is 0 Å². The van der Waals surface area contributed by atoms with Gasteiger partial charge >= 0.3 is 0 Å². The highest BCUT2D eigenvalue weighted by atomic mass is 16.1. The fourth-order valence-electron chi connectivity index (χ4n) is 2.08. The summed E-state index contributed by atoms with van der Waals surface area (Å²) in [6.45, 7) is 0. The molecule has 0 saturated carbocycles. The van der Waals surface area contributed by atoms with E-state index >= 15 is 0 Å². The SMILES string of the molecule is O=C1CC=CCCCCCCCCCC1. The zero-order valence-corrected chi connectivity index (χ0v) is 9.84. The Morgan fingerprint density at radius 1 is 0.733 bits per heavy atom. The molecule has 0 bridgehead atoms. The second-order valence-corrected chi connectivity index (χ2v) is 4.58. The van der Waals surface area contributed by atoms with Crippen molar-refractivity contribution in [3.63, 3.8) is 0 Å². The molecule has 15 heavy (non-hydrogen) atoms. The van der Waals surface area contributed by atoms with Crippen LogP contribution in [-0.4, -0.2) is 5.78 Å². The molecule has 0 spiro atoms. The van der Waals surface area contributed by atoms with Gasteiger partial charge in [0.05, 0.1) is 0 Å². The number of ketones is 1. The molecule has 0 unspecified atom stereocenters. The van der Waals surface area contributed by atoms with Crippen LogP contribution in [0.1, 0.15) is 70.6 Å². The van der Waals surface area contributed by atoms with Gasteiger partial charge in [-0.1, -0.05) is 50.7 Å². The molecule has 1 rings (SSSR count). The molecule has 1 nitrogen and oxygen atoms in total. The monoisotopic (exact) mass is 208 g/mol. The van der Waals surface area contributed by atoms with E-state index < -0.39 is 0 Å². The summed E-state index contributed by atoms with van der Waals surface area (Å²) in [5, 5.41) is 0.